The Morgan fingerprint density at radius 1 is 1.06 bits per heavy atom. The molecule has 8 heteroatoms. The summed E-state index contributed by atoms with van der Waals surface area (Å²) in [5.74, 6) is -1.68. The lowest BCUT2D eigenvalue weighted by Gasteiger charge is -2.10. The maximum absolute atomic E-state index is 13.3. The minimum atomic E-state index is -0.724. The minimum Gasteiger partial charge on any atom is -0.423 e. The van der Waals surface area contributed by atoms with E-state index in [1.807, 2.05) is 25.1 Å². The van der Waals surface area contributed by atoms with Crippen molar-refractivity contribution in [1.82, 2.24) is 0 Å². The van der Waals surface area contributed by atoms with E-state index in [1.54, 1.807) is 18.2 Å². The fraction of sp³-hybridized carbons (Fsp3) is 0.0417. The summed E-state index contributed by atoms with van der Waals surface area (Å²) >= 11 is 6.80. The van der Waals surface area contributed by atoms with Gasteiger partial charge in [-0.2, -0.15) is 5.26 Å². The first-order valence-corrected chi connectivity index (χ1v) is 10.8. The molecule has 0 spiro atoms. The first-order chi connectivity index (χ1) is 15.3. The molecule has 32 heavy (non-hydrogen) atoms. The second kappa shape index (κ2) is 10.4. The van der Waals surface area contributed by atoms with Crippen LogP contribution in [0.5, 0.6) is 5.75 Å². The summed E-state index contributed by atoms with van der Waals surface area (Å²) in [7, 11) is 0. The van der Waals surface area contributed by atoms with E-state index in [0.29, 0.717) is 20.2 Å². The van der Waals surface area contributed by atoms with Crippen molar-refractivity contribution >= 4 is 55.5 Å². The lowest BCUT2D eigenvalue weighted by atomic mass is 10.1. The van der Waals surface area contributed by atoms with Gasteiger partial charge in [-0.25, -0.2) is 9.18 Å². The number of carbonyl (C=O) groups excluding carboxylic acids is 2. The smallest absolute Gasteiger partial charge is 0.343 e. The molecule has 3 rings (SSSR count). The Bertz CT molecular complexity index is 1260. The second-order valence-electron chi connectivity index (χ2n) is 6.70. The van der Waals surface area contributed by atoms with Gasteiger partial charge in [0.2, 0.25) is 0 Å². The van der Waals surface area contributed by atoms with E-state index >= 15 is 0 Å². The fourth-order valence-electron chi connectivity index (χ4n) is 2.76. The lowest BCUT2D eigenvalue weighted by Crippen LogP contribution is -2.14. The van der Waals surface area contributed by atoms with Crippen LogP contribution in [0.4, 0.5) is 10.1 Å². The van der Waals surface area contributed by atoms with Crippen molar-refractivity contribution in [2.24, 2.45) is 0 Å². The summed E-state index contributed by atoms with van der Waals surface area (Å²) in [6.45, 7) is 1.91. The molecule has 1 N–H and O–H groups in total. The number of ether oxygens (including phenoxy) is 1. The number of nitrogens with one attached hydrogen (secondary N) is 1. The van der Waals surface area contributed by atoms with Gasteiger partial charge in [0, 0.05) is 8.95 Å². The molecular formula is C24H15Br2FN2O3. The predicted molar refractivity (Wildman–Crippen MR) is 127 cm³/mol. The minimum absolute atomic E-state index is 0.0669. The van der Waals surface area contributed by atoms with Crippen LogP contribution < -0.4 is 10.1 Å². The molecular weight excluding hydrogens is 543 g/mol. The Balaban J connectivity index is 1.80. The van der Waals surface area contributed by atoms with Gasteiger partial charge in [-0.3, -0.25) is 4.79 Å². The Morgan fingerprint density at radius 2 is 1.75 bits per heavy atom. The molecule has 0 saturated carbocycles. The zero-order valence-electron chi connectivity index (χ0n) is 16.7. The van der Waals surface area contributed by atoms with Gasteiger partial charge in [-0.05, 0) is 98.5 Å². The molecule has 0 aliphatic heterocycles. The molecule has 0 bridgehead atoms. The Morgan fingerprint density at radius 3 is 2.41 bits per heavy atom. The Labute approximate surface area is 200 Å². The van der Waals surface area contributed by atoms with E-state index in [9.17, 15) is 19.2 Å². The third-order valence-electron chi connectivity index (χ3n) is 4.23. The van der Waals surface area contributed by atoms with E-state index in [4.69, 9.17) is 4.74 Å². The molecule has 0 aliphatic rings. The number of nitriles is 1. The van der Waals surface area contributed by atoms with Crippen LogP contribution in [0.1, 0.15) is 21.5 Å². The van der Waals surface area contributed by atoms with Gasteiger partial charge in [0.25, 0.3) is 5.91 Å². The summed E-state index contributed by atoms with van der Waals surface area (Å²) in [4.78, 5) is 24.9. The number of hydrogen-bond acceptors (Lipinski definition) is 4. The standard InChI is InChI=1S/C24H15Br2FN2O3/c1-14-8-20(25)22(21(26)9-14)29-23(30)17(13-28)10-15-4-2-7-19(11-15)32-24(31)16-5-3-6-18(27)12-16/h2-12H,1H3,(H,29,30)/b17-10+. The number of carbonyl (C=O) groups is 2. The van der Waals surface area contributed by atoms with Crippen molar-refractivity contribution in [2.45, 2.75) is 6.92 Å². The van der Waals surface area contributed by atoms with Crippen molar-refractivity contribution in [3.63, 3.8) is 0 Å². The maximum Gasteiger partial charge on any atom is 0.343 e. The van der Waals surface area contributed by atoms with Crippen LogP contribution in [0.2, 0.25) is 0 Å². The summed E-state index contributed by atoms with van der Waals surface area (Å²) in [5, 5.41) is 12.2. The number of halogens is 3. The monoisotopic (exact) mass is 556 g/mol. The molecule has 1 amide bonds. The van der Waals surface area contributed by atoms with Crippen molar-refractivity contribution < 1.29 is 18.7 Å². The highest BCUT2D eigenvalue weighted by molar-refractivity contribution is 9.11. The molecule has 0 fully saturated rings. The third kappa shape index (κ3) is 5.90. The molecule has 160 valence electrons. The zero-order chi connectivity index (χ0) is 23.3. The quantitative estimate of drug-likeness (QED) is 0.170. The topological polar surface area (TPSA) is 79.2 Å². The van der Waals surface area contributed by atoms with Crippen LogP contribution in [0, 0.1) is 24.1 Å². The van der Waals surface area contributed by atoms with Gasteiger partial charge >= 0.3 is 5.97 Å². The summed E-state index contributed by atoms with van der Waals surface area (Å²) in [6, 6.07) is 17.0. The number of rotatable bonds is 5. The molecule has 0 radical (unpaired) electrons. The normalized spacial score (nSPS) is 10.9. The molecule has 0 aliphatic carbocycles. The van der Waals surface area contributed by atoms with Crippen LogP contribution in [0.15, 0.2) is 75.2 Å². The van der Waals surface area contributed by atoms with Gasteiger partial charge in [-0.15, -0.1) is 0 Å². The Hall–Kier alpha value is -3.28. The summed E-state index contributed by atoms with van der Waals surface area (Å²) < 4.78 is 19.9. The molecule has 0 atom stereocenters. The van der Waals surface area contributed by atoms with Gasteiger partial charge < -0.3 is 10.1 Å². The van der Waals surface area contributed by atoms with E-state index in [0.717, 1.165) is 11.6 Å². The largest absolute Gasteiger partial charge is 0.423 e. The SMILES string of the molecule is Cc1cc(Br)c(NC(=O)/C(C#N)=C/c2cccc(OC(=O)c3cccc(F)c3)c2)c(Br)c1. The fourth-order valence-corrected chi connectivity index (χ4v) is 4.38. The molecule has 3 aromatic carbocycles. The van der Waals surface area contributed by atoms with Crippen molar-refractivity contribution in [3.8, 4) is 11.8 Å². The average molecular weight is 558 g/mol. The number of benzene rings is 3. The van der Waals surface area contributed by atoms with Crippen LogP contribution in [0.25, 0.3) is 6.08 Å². The first kappa shape index (κ1) is 23.4. The highest BCUT2D eigenvalue weighted by atomic mass is 79.9. The molecule has 0 unspecified atom stereocenters. The number of hydrogen-bond donors (Lipinski definition) is 1. The number of aryl methyl sites for hydroxylation is 1. The highest BCUT2D eigenvalue weighted by Gasteiger charge is 2.15. The molecule has 0 saturated heterocycles. The Kier molecular flexibility index (Phi) is 7.57. The third-order valence-corrected chi connectivity index (χ3v) is 5.48. The molecule has 5 nitrogen and oxygen atoms in total. The van der Waals surface area contributed by atoms with E-state index < -0.39 is 17.7 Å². The molecule has 0 aromatic heterocycles. The summed E-state index contributed by atoms with van der Waals surface area (Å²) in [6.07, 6.45) is 1.38. The van der Waals surface area contributed by atoms with Crippen molar-refractivity contribution in [2.75, 3.05) is 5.32 Å². The zero-order valence-corrected chi connectivity index (χ0v) is 19.8. The van der Waals surface area contributed by atoms with E-state index in [2.05, 4.69) is 37.2 Å². The van der Waals surface area contributed by atoms with E-state index in [1.165, 1.54) is 30.3 Å². The van der Waals surface area contributed by atoms with Gasteiger partial charge in [-0.1, -0.05) is 18.2 Å². The average Bonchev–Trinajstić information content (AvgIpc) is 2.74. The van der Waals surface area contributed by atoms with Gasteiger partial charge in [0.15, 0.2) is 0 Å². The first-order valence-electron chi connectivity index (χ1n) is 9.23. The van der Waals surface area contributed by atoms with Gasteiger partial charge in [0.05, 0.1) is 11.3 Å². The molecule has 3 aromatic rings. The number of nitrogens with zero attached hydrogens (tertiary/aromatic N) is 1. The van der Waals surface area contributed by atoms with Gasteiger partial charge in [0.1, 0.15) is 23.2 Å². The summed E-state index contributed by atoms with van der Waals surface area (Å²) in [5.41, 5.74) is 1.89. The van der Waals surface area contributed by atoms with Crippen LogP contribution >= 0.6 is 31.9 Å². The van der Waals surface area contributed by atoms with Crippen LogP contribution in [-0.4, -0.2) is 11.9 Å². The highest BCUT2D eigenvalue weighted by Crippen LogP contribution is 2.32. The maximum atomic E-state index is 13.3. The molecule has 0 heterocycles. The lowest BCUT2D eigenvalue weighted by molar-refractivity contribution is -0.112. The predicted octanol–water partition coefficient (Wildman–Crippen LogP) is 6.42. The van der Waals surface area contributed by atoms with Crippen LogP contribution in [0.3, 0.4) is 0 Å². The van der Waals surface area contributed by atoms with E-state index in [-0.39, 0.29) is 16.9 Å². The van der Waals surface area contributed by atoms with Crippen molar-refractivity contribution in [3.05, 3.63) is 97.7 Å². The van der Waals surface area contributed by atoms with Crippen LogP contribution in [-0.2, 0) is 4.79 Å². The number of amides is 1. The number of esters is 1. The second-order valence-corrected chi connectivity index (χ2v) is 8.41. The number of anilines is 1. The van der Waals surface area contributed by atoms with Crippen molar-refractivity contribution in [1.29, 1.82) is 5.26 Å².